The van der Waals surface area contributed by atoms with Crippen molar-refractivity contribution in [1.82, 2.24) is 0 Å². The van der Waals surface area contributed by atoms with E-state index >= 15 is 0 Å². The molecule has 2 rings (SSSR count). The van der Waals surface area contributed by atoms with Gasteiger partial charge in [-0.3, -0.25) is 0 Å². The highest BCUT2D eigenvalue weighted by Gasteiger charge is 2.23. The Morgan fingerprint density at radius 2 is 2.29 bits per heavy atom. The zero-order valence-electron chi connectivity index (χ0n) is 8.07. The number of ether oxygens (including phenoxy) is 2. The van der Waals surface area contributed by atoms with E-state index < -0.39 is 0 Å². The third kappa shape index (κ3) is 2.47. The summed E-state index contributed by atoms with van der Waals surface area (Å²) in [6.45, 7) is 3.49. The first kappa shape index (κ1) is 9.97. The fourth-order valence-corrected chi connectivity index (χ4v) is 1.60. The number of halogens is 1. The van der Waals surface area contributed by atoms with E-state index in [9.17, 15) is 0 Å². The van der Waals surface area contributed by atoms with Crippen LogP contribution in [0.5, 0.6) is 0 Å². The monoisotopic (exact) mass is 212 g/mol. The van der Waals surface area contributed by atoms with Crippen molar-refractivity contribution in [2.45, 2.75) is 19.1 Å². The van der Waals surface area contributed by atoms with Gasteiger partial charge in [-0.05, 0) is 18.6 Å². The summed E-state index contributed by atoms with van der Waals surface area (Å²) in [5.41, 5.74) is 1.04. The molecule has 0 amide bonds. The van der Waals surface area contributed by atoms with E-state index in [2.05, 4.69) is 0 Å². The molecule has 1 saturated heterocycles. The molecule has 2 atom stereocenters. The van der Waals surface area contributed by atoms with Gasteiger partial charge in [0.2, 0.25) is 0 Å². The predicted octanol–water partition coefficient (Wildman–Crippen LogP) is 2.82. The maximum absolute atomic E-state index is 6.04. The molecule has 1 heterocycles. The van der Waals surface area contributed by atoms with Gasteiger partial charge < -0.3 is 9.47 Å². The summed E-state index contributed by atoms with van der Waals surface area (Å²) in [5, 5.41) is 0.761. The van der Waals surface area contributed by atoms with Crippen molar-refractivity contribution < 1.29 is 9.47 Å². The molecule has 76 valence electrons. The van der Waals surface area contributed by atoms with Gasteiger partial charge in [-0.2, -0.15) is 0 Å². The fourth-order valence-electron chi connectivity index (χ4n) is 1.31. The van der Waals surface area contributed by atoms with Gasteiger partial charge in [0, 0.05) is 5.02 Å². The number of benzene rings is 1. The number of hydrogen-bond donors (Lipinski definition) is 0. The van der Waals surface area contributed by atoms with Crippen molar-refractivity contribution in [2.24, 2.45) is 0 Å². The molecule has 2 unspecified atom stereocenters. The smallest absolute Gasteiger partial charge is 0.104 e. The SMILES string of the molecule is CC(OCC1CO1)c1ccccc1Cl. The Labute approximate surface area is 88.8 Å². The van der Waals surface area contributed by atoms with E-state index in [0.717, 1.165) is 17.2 Å². The summed E-state index contributed by atoms with van der Waals surface area (Å²) in [6, 6.07) is 7.75. The Bertz CT molecular complexity index is 310. The van der Waals surface area contributed by atoms with Crippen LogP contribution in [0.3, 0.4) is 0 Å². The number of epoxide rings is 1. The molecule has 14 heavy (non-hydrogen) atoms. The molecule has 1 aliphatic rings. The molecule has 0 saturated carbocycles. The normalized spacial score (nSPS) is 22.0. The van der Waals surface area contributed by atoms with Crippen molar-refractivity contribution in [1.29, 1.82) is 0 Å². The minimum Gasteiger partial charge on any atom is -0.371 e. The fraction of sp³-hybridized carbons (Fsp3) is 0.455. The molecule has 0 spiro atoms. The minimum absolute atomic E-state index is 0.0351. The summed E-state index contributed by atoms with van der Waals surface area (Å²) in [6.07, 6.45) is 0.341. The molecule has 0 bridgehead atoms. The quantitative estimate of drug-likeness (QED) is 0.716. The lowest BCUT2D eigenvalue weighted by atomic mass is 10.1. The van der Waals surface area contributed by atoms with Crippen LogP contribution in [-0.4, -0.2) is 19.3 Å². The van der Waals surface area contributed by atoms with Crippen LogP contribution < -0.4 is 0 Å². The van der Waals surface area contributed by atoms with Gasteiger partial charge in [-0.25, -0.2) is 0 Å². The molecular weight excluding hydrogens is 200 g/mol. The highest BCUT2D eigenvalue weighted by atomic mass is 35.5. The molecule has 1 fully saturated rings. The van der Waals surface area contributed by atoms with Crippen LogP contribution in [-0.2, 0) is 9.47 Å². The van der Waals surface area contributed by atoms with Gasteiger partial charge in [0.05, 0.1) is 19.3 Å². The van der Waals surface area contributed by atoms with Gasteiger partial charge in [-0.1, -0.05) is 29.8 Å². The largest absolute Gasteiger partial charge is 0.371 e. The average Bonchev–Trinajstić information content (AvgIpc) is 2.98. The molecule has 3 heteroatoms. The molecule has 1 aromatic rings. The third-order valence-corrected chi connectivity index (χ3v) is 2.62. The molecule has 2 nitrogen and oxygen atoms in total. The number of rotatable bonds is 4. The van der Waals surface area contributed by atoms with Crippen molar-refractivity contribution in [3.05, 3.63) is 34.9 Å². The topological polar surface area (TPSA) is 21.8 Å². The first-order chi connectivity index (χ1) is 6.77. The van der Waals surface area contributed by atoms with Crippen molar-refractivity contribution in [2.75, 3.05) is 13.2 Å². The van der Waals surface area contributed by atoms with Crippen LogP contribution >= 0.6 is 11.6 Å². The zero-order chi connectivity index (χ0) is 9.97. The summed E-state index contributed by atoms with van der Waals surface area (Å²) in [7, 11) is 0. The van der Waals surface area contributed by atoms with Crippen molar-refractivity contribution >= 4 is 11.6 Å². The van der Waals surface area contributed by atoms with Crippen LogP contribution in [0.25, 0.3) is 0 Å². The maximum atomic E-state index is 6.04. The lowest BCUT2D eigenvalue weighted by Gasteiger charge is -2.13. The Morgan fingerprint density at radius 3 is 2.93 bits per heavy atom. The Morgan fingerprint density at radius 1 is 1.57 bits per heavy atom. The third-order valence-electron chi connectivity index (χ3n) is 2.28. The van der Waals surface area contributed by atoms with Crippen LogP contribution in [0.4, 0.5) is 0 Å². The van der Waals surface area contributed by atoms with Crippen LogP contribution in [0, 0.1) is 0 Å². The van der Waals surface area contributed by atoms with Crippen LogP contribution in [0.2, 0.25) is 5.02 Å². The first-order valence-electron chi connectivity index (χ1n) is 4.75. The van der Waals surface area contributed by atoms with Gasteiger partial charge >= 0.3 is 0 Å². The van der Waals surface area contributed by atoms with Crippen LogP contribution in [0.1, 0.15) is 18.6 Å². The van der Waals surface area contributed by atoms with Crippen LogP contribution in [0.15, 0.2) is 24.3 Å². The maximum Gasteiger partial charge on any atom is 0.104 e. The Balaban J connectivity index is 1.95. The highest BCUT2D eigenvalue weighted by Crippen LogP contribution is 2.25. The molecule has 1 aromatic carbocycles. The second kappa shape index (κ2) is 4.30. The second-order valence-electron chi connectivity index (χ2n) is 3.45. The molecule has 1 aliphatic heterocycles. The summed E-state index contributed by atoms with van der Waals surface area (Å²) in [4.78, 5) is 0. The first-order valence-corrected chi connectivity index (χ1v) is 5.13. The van der Waals surface area contributed by atoms with E-state index in [-0.39, 0.29) is 6.10 Å². The summed E-state index contributed by atoms with van der Waals surface area (Å²) >= 11 is 6.04. The Hall–Kier alpha value is -0.570. The van der Waals surface area contributed by atoms with Crippen molar-refractivity contribution in [3.8, 4) is 0 Å². The minimum atomic E-state index is 0.0351. The zero-order valence-corrected chi connectivity index (χ0v) is 8.83. The Kier molecular flexibility index (Phi) is 3.06. The predicted molar refractivity (Wildman–Crippen MR) is 55.6 cm³/mol. The standard InChI is InChI=1S/C11H13ClO2/c1-8(13-6-9-7-14-9)10-4-2-3-5-11(10)12/h2-5,8-9H,6-7H2,1H3. The van der Waals surface area contributed by atoms with Gasteiger partial charge in [0.25, 0.3) is 0 Å². The lowest BCUT2D eigenvalue weighted by Crippen LogP contribution is -2.06. The number of hydrogen-bond acceptors (Lipinski definition) is 2. The molecular formula is C11H13ClO2. The average molecular weight is 213 g/mol. The van der Waals surface area contributed by atoms with Gasteiger partial charge in [-0.15, -0.1) is 0 Å². The van der Waals surface area contributed by atoms with E-state index in [0.29, 0.717) is 12.7 Å². The van der Waals surface area contributed by atoms with E-state index in [1.54, 1.807) is 0 Å². The van der Waals surface area contributed by atoms with E-state index in [1.807, 2.05) is 31.2 Å². The van der Waals surface area contributed by atoms with Crippen molar-refractivity contribution in [3.63, 3.8) is 0 Å². The summed E-state index contributed by atoms with van der Waals surface area (Å²) in [5.74, 6) is 0. The molecule has 0 aliphatic carbocycles. The highest BCUT2D eigenvalue weighted by molar-refractivity contribution is 6.31. The molecule has 0 N–H and O–H groups in total. The lowest BCUT2D eigenvalue weighted by molar-refractivity contribution is 0.0540. The van der Waals surface area contributed by atoms with E-state index in [4.69, 9.17) is 21.1 Å². The second-order valence-corrected chi connectivity index (χ2v) is 3.86. The van der Waals surface area contributed by atoms with Gasteiger partial charge in [0.15, 0.2) is 0 Å². The van der Waals surface area contributed by atoms with E-state index in [1.165, 1.54) is 0 Å². The summed E-state index contributed by atoms with van der Waals surface area (Å²) < 4.78 is 10.7. The molecule has 0 radical (unpaired) electrons. The van der Waals surface area contributed by atoms with Gasteiger partial charge in [0.1, 0.15) is 6.10 Å². The molecule has 0 aromatic heterocycles.